The Bertz CT molecular complexity index is 629. The zero-order valence-electron chi connectivity index (χ0n) is 14.6. The van der Waals surface area contributed by atoms with Crippen LogP contribution < -0.4 is 0 Å². The van der Waals surface area contributed by atoms with Crippen molar-refractivity contribution < 1.29 is 0 Å². The van der Waals surface area contributed by atoms with Crippen LogP contribution in [0.4, 0.5) is 0 Å². The number of hydrogen-bond acceptors (Lipinski definition) is 4. The summed E-state index contributed by atoms with van der Waals surface area (Å²) < 4.78 is 1.95. The van der Waals surface area contributed by atoms with Crippen molar-refractivity contribution in [2.24, 2.45) is 0 Å². The van der Waals surface area contributed by atoms with E-state index in [1.165, 1.54) is 19.4 Å². The van der Waals surface area contributed by atoms with E-state index in [4.69, 9.17) is 4.98 Å². The normalized spacial score (nSPS) is 19.7. The third-order valence-electron chi connectivity index (χ3n) is 4.70. The van der Waals surface area contributed by atoms with Gasteiger partial charge in [-0.2, -0.15) is 5.10 Å². The summed E-state index contributed by atoms with van der Waals surface area (Å²) in [6.07, 6.45) is 10.2. The predicted molar refractivity (Wildman–Crippen MR) is 92.3 cm³/mol. The third-order valence-corrected chi connectivity index (χ3v) is 4.70. The fraction of sp³-hybridized carbons (Fsp3) is 0.611. The number of hydrogen-bond donors (Lipinski definition) is 0. The van der Waals surface area contributed by atoms with Gasteiger partial charge in [0.05, 0.1) is 23.8 Å². The molecule has 23 heavy (non-hydrogen) atoms. The lowest BCUT2D eigenvalue weighted by Gasteiger charge is -2.35. The van der Waals surface area contributed by atoms with Crippen LogP contribution in [0.25, 0.3) is 11.3 Å². The van der Waals surface area contributed by atoms with Crippen molar-refractivity contribution in [2.75, 3.05) is 13.1 Å². The topological polar surface area (TPSA) is 46.8 Å². The van der Waals surface area contributed by atoms with Crippen LogP contribution in [0.15, 0.2) is 24.8 Å². The minimum atomic E-state index is 0.361. The van der Waals surface area contributed by atoms with Gasteiger partial charge < -0.3 is 4.90 Å². The number of rotatable bonds is 4. The lowest BCUT2D eigenvalue weighted by Crippen LogP contribution is -2.39. The van der Waals surface area contributed by atoms with Crippen LogP contribution in [0.5, 0.6) is 0 Å². The highest BCUT2D eigenvalue weighted by atomic mass is 15.3. The Balaban J connectivity index is 1.73. The van der Waals surface area contributed by atoms with E-state index in [1.54, 1.807) is 0 Å². The van der Waals surface area contributed by atoms with Crippen LogP contribution in [0.3, 0.4) is 0 Å². The average molecular weight is 313 g/mol. The van der Waals surface area contributed by atoms with Crippen molar-refractivity contribution in [1.29, 1.82) is 0 Å². The summed E-state index contributed by atoms with van der Waals surface area (Å²) in [5, 5.41) is 4.38. The van der Waals surface area contributed by atoms with Crippen molar-refractivity contribution in [3.8, 4) is 11.3 Å². The Hall–Kier alpha value is -1.75. The molecule has 1 aliphatic heterocycles. The van der Waals surface area contributed by atoms with E-state index in [9.17, 15) is 0 Å². The Morgan fingerprint density at radius 3 is 2.48 bits per heavy atom. The average Bonchev–Trinajstić information content (AvgIpc) is 3.05. The second-order valence-corrected chi connectivity index (χ2v) is 7.06. The second kappa shape index (κ2) is 6.79. The summed E-state index contributed by atoms with van der Waals surface area (Å²) in [6, 6.07) is 0.965. The first-order chi connectivity index (χ1) is 11.0. The number of nitrogens with zero attached hydrogens (tertiary/aromatic N) is 5. The molecule has 0 spiro atoms. The molecule has 1 aliphatic rings. The lowest BCUT2D eigenvalue weighted by atomic mass is 9.94. The maximum Gasteiger partial charge on any atom is 0.0916 e. The van der Waals surface area contributed by atoms with Crippen LogP contribution in [0, 0.1) is 0 Å². The molecule has 5 heteroatoms. The molecule has 3 heterocycles. The van der Waals surface area contributed by atoms with E-state index in [1.807, 2.05) is 29.5 Å². The smallest absolute Gasteiger partial charge is 0.0916 e. The van der Waals surface area contributed by atoms with Gasteiger partial charge in [0.25, 0.3) is 0 Å². The predicted octanol–water partition coefficient (Wildman–Crippen LogP) is 3.51. The Morgan fingerprint density at radius 2 is 1.87 bits per heavy atom. The number of piperidine rings is 1. The van der Waals surface area contributed by atoms with Crippen LogP contribution in [0.2, 0.25) is 0 Å². The molecule has 124 valence electrons. The monoisotopic (exact) mass is 313 g/mol. The Kier molecular flexibility index (Phi) is 4.76. The number of likely N-dealkylation sites (tertiary alicyclic amines) is 1. The highest BCUT2D eigenvalue weighted by molar-refractivity contribution is 5.55. The quantitative estimate of drug-likeness (QED) is 0.866. The SMILES string of the molecule is CC(C)N1CCC[C@H](c2cnc(-c3cnn(C(C)C)c3)cn2)C1. The summed E-state index contributed by atoms with van der Waals surface area (Å²) in [4.78, 5) is 11.9. The molecule has 0 aliphatic carbocycles. The van der Waals surface area contributed by atoms with Gasteiger partial charge in [0.2, 0.25) is 0 Å². The molecule has 2 aromatic rings. The summed E-state index contributed by atoms with van der Waals surface area (Å²) in [5.74, 6) is 0.506. The van der Waals surface area contributed by atoms with Gasteiger partial charge in [0.1, 0.15) is 0 Å². The molecule has 3 rings (SSSR count). The summed E-state index contributed by atoms with van der Waals surface area (Å²) >= 11 is 0. The largest absolute Gasteiger partial charge is 0.300 e. The maximum atomic E-state index is 4.70. The van der Waals surface area contributed by atoms with E-state index in [0.717, 1.165) is 23.5 Å². The van der Waals surface area contributed by atoms with E-state index in [0.29, 0.717) is 18.0 Å². The minimum absolute atomic E-state index is 0.361. The first-order valence-corrected chi connectivity index (χ1v) is 8.65. The summed E-state index contributed by atoms with van der Waals surface area (Å²) in [7, 11) is 0. The van der Waals surface area contributed by atoms with E-state index in [2.05, 4.69) is 42.7 Å². The molecule has 5 nitrogen and oxygen atoms in total. The zero-order valence-corrected chi connectivity index (χ0v) is 14.6. The van der Waals surface area contributed by atoms with Crippen LogP contribution in [0.1, 0.15) is 58.2 Å². The molecular weight excluding hydrogens is 286 g/mol. The van der Waals surface area contributed by atoms with Gasteiger partial charge in [-0.15, -0.1) is 0 Å². The highest BCUT2D eigenvalue weighted by Gasteiger charge is 2.24. The molecule has 2 aromatic heterocycles. The van der Waals surface area contributed by atoms with Gasteiger partial charge in [0, 0.05) is 42.5 Å². The molecule has 0 radical (unpaired) electrons. The molecule has 0 amide bonds. The van der Waals surface area contributed by atoms with Gasteiger partial charge in [-0.25, -0.2) is 0 Å². The first kappa shape index (κ1) is 16.1. The van der Waals surface area contributed by atoms with E-state index in [-0.39, 0.29) is 0 Å². The third kappa shape index (κ3) is 3.61. The van der Waals surface area contributed by atoms with Crippen molar-refractivity contribution in [1.82, 2.24) is 24.6 Å². The van der Waals surface area contributed by atoms with Crippen molar-refractivity contribution in [3.63, 3.8) is 0 Å². The molecule has 0 N–H and O–H groups in total. The van der Waals surface area contributed by atoms with E-state index >= 15 is 0 Å². The van der Waals surface area contributed by atoms with Gasteiger partial charge in [-0.1, -0.05) is 0 Å². The van der Waals surface area contributed by atoms with Gasteiger partial charge in [-0.05, 0) is 47.1 Å². The fourth-order valence-corrected chi connectivity index (χ4v) is 3.17. The van der Waals surface area contributed by atoms with Crippen molar-refractivity contribution in [2.45, 2.75) is 58.5 Å². The molecular formula is C18H27N5. The van der Waals surface area contributed by atoms with Gasteiger partial charge in [0.15, 0.2) is 0 Å². The lowest BCUT2D eigenvalue weighted by molar-refractivity contribution is 0.166. The molecule has 0 unspecified atom stereocenters. The second-order valence-electron chi connectivity index (χ2n) is 7.06. The fourth-order valence-electron chi connectivity index (χ4n) is 3.17. The van der Waals surface area contributed by atoms with Gasteiger partial charge in [-0.3, -0.25) is 14.6 Å². The molecule has 1 saturated heterocycles. The zero-order chi connectivity index (χ0) is 16.4. The number of aromatic nitrogens is 4. The first-order valence-electron chi connectivity index (χ1n) is 8.65. The Morgan fingerprint density at radius 1 is 1.04 bits per heavy atom. The molecule has 0 saturated carbocycles. The van der Waals surface area contributed by atoms with Gasteiger partial charge >= 0.3 is 0 Å². The summed E-state index contributed by atoms with van der Waals surface area (Å²) in [5.41, 5.74) is 3.05. The van der Waals surface area contributed by atoms with E-state index < -0.39 is 0 Å². The molecule has 1 atom stereocenters. The standard InChI is InChI=1S/C18H27N5/c1-13(2)22-7-5-6-15(11-22)17-9-20-18(10-19-17)16-8-21-23(12-16)14(3)4/h8-10,12-15H,5-7,11H2,1-4H3/t15-/m0/s1. The van der Waals surface area contributed by atoms with Crippen molar-refractivity contribution >= 4 is 0 Å². The molecule has 0 aromatic carbocycles. The summed E-state index contributed by atoms with van der Waals surface area (Å²) in [6.45, 7) is 11.1. The van der Waals surface area contributed by atoms with Crippen molar-refractivity contribution in [3.05, 3.63) is 30.5 Å². The van der Waals surface area contributed by atoms with Crippen LogP contribution >= 0.6 is 0 Å². The van der Waals surface area contributed by atoms with Crippen LogP contribution in [-0.4, -0.2) is 43.8 Å². The maximum absolute atomic E-state index is 4.70. The Labute approximate surface area is 138 Å². The molecule has 1 fully saturated rings. The highest BCUT2D eigenvalue weighted by Crippen LogP contribution is 2.27. The minimum Gasteiger partial charge on any atom is -0.300 e. The van der Waals surface area contributed by atoms with Crippen LogP contribution in [-0.2, 0) is 0 Å². The molecule has 0 bridgehead atoms.